The molecule has 184 valence electrons. The Balaban J connectivity index is 1.60. The van der Waals surface area contributed by atoms with E-state index in [-0.39, 0.29) is 37.5 Å². The second-order valence-corrected chi connectivity index (χ2v) is 9.25. The van der Waals surface area contributed by atoms with E-state index in [1.807, 2.05) is 42.2 Å². The molecule has 1 aliphatic heterocycles. The molecule has 1 unspecified atom stereocenters. The van der Waals surface area contributed by atoms with Crippen molar-refractivity contribution in [2.24, 2.45) is 5.73 Å². The maximum absolute atomic E-state index is 12.9. The lowest BCUT2D eigenvalue weighted by Crippen LogP contribution is -2.56. The number of nitrogens with zero attached hydrogens (tertiary/aromatic N) is 3. The lowest BCUT2D eigenvalue weighted by atomic mass is 10.1. The molecule has 1 aromatic carbocycles. The van der Waals surface area contributed by atoms with Crippen LogP contribution in [0.4, 0.5) is 5.82 Å². The predicted octanol–water partition coefficient (Wildman–Crippen LogP) is 1.27. The van der Waals surface area contributed by atoms with Crippen molar-refractivity contribution in [2.75, 3.05) is 18.5 Å². The SMILES string of the molecule is CC1CCCN1C(=O)Cn1cnc(NC(=O)[C@@H](COCc2ccccc2)NC(=O)C(C)(C)N)c1. The van der Waals surface area contributed by atoms with Crippen molar-refractivity contribution in [3.05, 3.63) is 48.4 Å². The number of nitrogens with two attached hydrogens (primary N) is 1. The van der Waals surface area contributed by atoms with Gasteiger partial charge in [0.2, 0.25) is 11.8 Å². The number of anilines is 1. The smallest absolute Gasteiger partial charge is 0.250 e. The summed E-state index contributed by atoms with van der Waals surface area (Å²) < 4.78 is 7.32. The Bertz CT molecular complexity index is 985. The van der Waals surface area contributed by atoms with Gasteiger partial charge in [0.1, 0.15) is 12.6 Å². The van der Waals surface area contributed by atoms with Gasteiger partial charge in [-0.15, -0.1) is 0 Å². The highest BCUT2D eigenvalue weighted by molar-refractivity contribution is 5.98. The van der Waals surface area contributed by atoms with Gasteiger partial charge < -0.3 is 30.6 Å². The van der Waals surface area contributed by atoms with E-state index in [0.717, 1.165) is 24.9 Å². The van der Waals surface area contributed by atoms with Crippen molar-refractivity contribution < 1.29 is 19.1 Å². The zero-order valence-electron chi connectivity index (χ0n) is 20.0. The highest BCUT2D eigenvalue weighted by Crippen LogP contribution is 2.17. The molecule has 3 amide bonds. The third kappa shape index (κ3) is 7.13. The number of benzene rings is 1. The lowest BCUT2D eigenvalue weighted by Gasteiger charge is -2.23. The number of carbonyl (C=O) groups is 3. The topological polar surface area (TPSA) is 132 Å². The van der Waals surface area contributed by atoms with Crippen LogP contribution in [0, 0.1) is 0 Å². The predicted molar refractivity (Wildman–Crippen MR) is 128 cm³/mol. The molecule has 0 spiro atoms. The molecule has 2 heterocycles. The van der Waals surface area contributed by atoms with Gasteiger partial charge in [0.25, 0.3) is 5.91 Å². The molecule has 1 saturated heterocycles. The molecule has 0 saturated carbocycles. The van der Waals surface area contributed by atoms with E-state index in [2.05, 4.69) is 15.6 Å². The lowest BCUT2D eigenvalue weighted by molar-refractivity contribution is -0.132. The van der Waals surface area contributed by atoms with Gasteiger partial charge in [0.05, 0.1) is 25.1 Å². The van der Waals surface area contributed by atoms with E-state index in [1.165, 1.54) is 6.33 Å². The van der Waals surface area contributed by atoms with Crippen molar-refractivity contribution in [1.82, 2.24) is 19.8 Å². The summed E-state index contributed by atoms with van der Waals surface area (Å²) in [6.45, 7) is 6.31. The fourth-order valence-electron chi connectivity index (χ4n) is 3.67. The van der Waals surface area contributed by atoms with Crippen molar-refractivity contribution >= 4 is 23.5 Å². The van der Waals surface area contributed by atoms with Crippen LogP contribution >= 0.6 is 0 Å². The minimum Gasteiger partial charge on any atom is -0.374 e. The van der Waals surface area contributed by atoms with Crippen LogP contribution in [0.5, 0.6) is 0 Å². The normalized spacial score (nSPS) is 16.8. The summed E-state index contributed by atoms with van der Waals surface area (Å²) >= 11 is 0. The highest BCUT2D eigenvalue weighted by atomic mass is 16.5. The van der Waals surface area contributed by atoms with Crippen molar-refractivity contribution in [2.45, 2.75) is 64.4 Å². The van der Waals surface area contributed by atoms with Crippen LogP contribution in [0.1, 0.15) is 39.2 Å². The van der Waals surface area contributed by atoms with Crippen molar-refractivity contribution in [3.8, 4) is 0 Å². The second-order valence-electron chi connectivity index (χ2n) is 9.25. The Kier molecular flexibility index (Phi) is 8.41. The molecule has 1 fully saturated rings. The molecule has 34 heavy (non-hydrogen) atoms. The fourth-order valence-corrected chi connectivity index (χ4v) is 3.67. The minimum atomic E-state index is -1.16. The van der Waals surface area contributed by atoms with Crippen LogP contribution in [-0.4, -0.2) is 62.9 Å². The highest BCUT2D eigenvalue weighted by Gasteiger charge is 2.29. The molecule has 4 N–H and O–H groups in total. The zero-order valence-corrected chi connectivity index (χ0v) is 20.0. The number of imidazole rings is 1. The molecule has 3 rings (SSSR count). The van der Waals surface area contributed by atoms with Gasteiger partial charge in [-0.25, -0.2) is 4.98 Å². The molecule has 0 aliphatic carbocycles. The first-order chi connectivity index (χ1) is 16.1. The summed E-state index contributed by atoms with van der Waals surface area (Å²) in [4.78, 5) is 43.9. The number of hydrogen-bond donors (Lipinski definition) is 3. The average Bonchev–Trinajstić information content (AvgIpc) is 3.41. The fraction of sp³-hybridized carbons (Fsp3) is 0.500. The third-order valence-electron chi connectivity index (χ3n) is 5.68. The number of likely N-dealkylation sites (tertiary alicyclic amines) is 1. The molecule has 2 aromatic rings. The number of carbonyl (C=O) groups excluding carboxylic acids is 3. The van der Waals surface area contributed by atoms with Crippen LogP contribution in [0.25, 0.3) is 0 Å². The standard InChI is InChI=1S/C24H34N6O4/c1-17-8-7-11-30(17)21(31)13-29-12-20(26-16-29)28-22(32)19(27-23(33)24(2,3)25)15-34-14-18-9-5-4-6-10-18/h4-6,9-10,12,16-17,19H,7-8,11,13-15,25H2,1-3H3,(H,27,33)(H,28,32)/t17?,19-/m1/s1. The minimum absolute atomic E-state index is 0.0184. The quantitative estimate of drug-likeness (QED) is 0.479. The molecule has 0 bridgehead atoms. The molecular weight excluding hydrogens is 436 g/mol. The van der Waals surface area contributed by atoms with E-state index in [0.29, 0.717) is 0 Å². The van der Waals surface area contributed by atoms with E-state index >= 15 is 0 Å². The molecule has 2 atom stereocenters. The number of aromatic nitrogens is 2. The molecule has 10 heteroatoms. The molecule has 1 aliphatic rings. The Morgan fingerprint density at radius 3 is 2.65 bits per heavy atom. The van der Waals surface area contributed by atoms with E-state index in [9.17, 15) is 14.4 Å². The first-order valence-corrected chi connectivity index (χ1v) is 11.5. The first kappa shape index (κ1) is 25.4. The maximum atomic E-state index is 12.9. The largest absolute Gasteiger partial charge is 0.374 e. The summed E-state index contributed by atoms with van der Waals surface area (Å²) in [6.07, 6.45) is 5.11. The van der Waals surface area contributed by atoms with Gasteiger partial charge in [-0.1, -0.05) is 30.3 Å². The molecule has 10 nitrogen and oxygen atoms in total. The Labute approximate surface area is 199 Å². The van der Waals surface area contributed by atoms with Gasteiger partial charge in [-0.05, 0) is 39.2 Å². The number of hydrogen-bond acceptors (Lipinski definition) is 6. The maximum Gasteiger partial charge on any atom is 0.250 e. The zero-order chi connectivity index (χ0) is 24.7. The average molecular weight is 471 g/mol. The van der Waals surface area contributed by atoms with E-state index in [4.69, 9.17) is 10.5 Å². The molecule has 0 radical (unpaired) electrons. The van der Waals surface area contributed by atoms with Crippen LogP contribution in [0.2, 0.25) is 0 Å². The van der Waals surface area contributed by atoms with Crippen molar-refractivity contribution in [1.29, 1.82) is 0 Å². The Morgan fingerprint density at radius 2 is 2.00 bits per heavy atom. The van der Waals surface area contributed by atoms with Gasteiger partial charge in [-0.3, -0.25) is 14.4 Å². The first-order valence-electron chi connectivity index (χ1n) is 11.5. The van der Waals surface area contributed by atoms with Crippen LogP contribution in [-0.2, 0) is 32.3 Å². The van der Waals surface area contributed by atoms with Gasteiger partial charge >= 0.3 is 0 Å². The van der Waals surface area contributed by atoms with Gasteiger partial charge in [0, 0.05) is 18.8 Å². The Morgan fingerprint density at radius 1 is 1.26 bits per heavy atom. The number of ether oxygens (including phenoxy) is 1. The summed E-state index contributed by atoms with van der Waals surface area (Å²) in [5, 5.41) is 5.34. The number of nitrogens with one attached hydrogen (secondary N) is 2. The van der Waals surface area contributed by atoms with Crippen LogP contribution < -0.4 is 16.4 Å². The summed E-state index contributed by atoms with van der Waals surface area (Å²) in [5.41, 5.74) is 5.66. The number of rotatable bonds is 10. The second kappa shape index (κ2) is 11.3. The number of amides is 3. The van der Waals surface area contributed by atoms with Gasteiger partial charge in [0.15, 0.2) is 5.82 Å². The van der Waals surface area contributed by atoms with Crippen molar-refractivity contribution in [3.63, 3.8) is 0 Å². The monoisotopic (exact) mass is 470 g/mol. The molecular formula is C24H34N6O4. The third-order valence-corrected chi connectivity index (χ3v) is 5.68. The molecule has 1 aromatic heterocycles. The summed E-state index contributed by atoms with van der Waals surface area (Å²) in [7, 11) is 0. The van der Waals surface area contributed by atoms with Gasteiger partial charge in [-0.2, -0.15) is 0 Å². The summed E-state index contributed by atoms with van der Waals surface area (Å²) in [6, 6.07) is 8.78. The van der Waals surface area contributed by atoms with Crippen LogP contribution in [0.3, 0.4) is 0 Å². The van der Waals surface area contributed by atoms with E-state index < -0.39 is 23.4 Å². The Hall–Kier alpha value is -3.24. The van der Waals surface area contributed by atoms with Crippen LogP contribution in [0.15, 0.2) is 42.9 Å². The summed E-state index contributed by atoms with van der Waals surface area (Å²) in [5.74, 6) is -0.672. The van der Waals surface area contributed by atoms with E-state index in [1.54, 1.807) is 24.6 Å².